The fourth-order valence-corrected chi connectivity index (χ4v) is 8.61. The van der Waals surface area contributed by atoms with E-state index in [1.54, 1.807) is 0 Å². The number of alkyl halides is 2. The van der Waals surface area contributed by atoms with Gasteiger partial charge in [0.25, 0.3) is 0 Å². The van der Waals surface area contributed by atoms with Gasteiger partial charge in [-0.1, -0.05) is 59.5 Å². The Hall–Kier alpha value is -0.370. The molecular formula is C27H42ClFO. The van der Waals surface area contributed by atoms with E-state index in [0.29, 0.717) is 24.2 Å². The lowest BCUT2D eigenvalue weighted by atomic mass is 9.46. The van der Waals surface area contributed by atoms with Crippen molar-refractivity contribution >= 4 is 17.4 Å². The van der Waals surface area contributed by atoms with Crippen LogP contribution in [0.25, 0.3) is 0 Å². The highest BCUT2D eigenvalue weighted by atomic mass is 35.5. The monoisotopic (exact) mass is 436 g/mol. The number of carbonyl (C=O) groups excluding carboxylic acids is 1. The summed E-state index contributed by atoms with van der Waals surface area (Å²) in [6.45, 7) is 11.6. The second-order valence-electron chi connectivity index (χ2n) is 12.2. The number of ketones is 1. The largest absolute Gasteiger partial charge is 0.295 e. The molecule has 0 amide bonds. The van der Waals surface area contributed by atoms with E-state index in [4.69, 9.17) is 11.6 Å². The third-order valence-electron chi connectivity index (χ3n) is 10.0. The number of rotatable bonds is 5. The molecule has 9 atom stereocenters. The molecule has 0 aromatic rings. The number of carbonyl (C=O) groups is 1. The van der Waals surface area contributed by atoms with Gasteiger partial charge in [0.05, 0.1) is 0 Å². The van der Waals surface area contributed by atoms with Crippen LogP contribution in [0.1, 0.15) is 92.4 Å². The molecule has 0 unspecified atom stereocenters. The number of fused-ring (bicyclic) bond motifs is 5. The lowest BCUT2D eigenvalue weighted by Gasteiger charge is -2.57. The van der Waals surface area contributed by atoms with Gasteiger partial charge in [-0.15, -0.1) is 11.6 Å². The number of halogens is 2. The summed E-state index contributed by atoms with van der Waals surface area (Å²) < 4.78 is 15.7. The second kappa shape index (κ2) is 8.20. The second-order valence-corrected chi connectivity index (χ2v) is 12.8. The van der Waals surface area contributed by atoms with Gasteiger partial charge in [-0.2, -0.15) is 0 Å². The average Bonchev–Trinajstić information content (AvgIpc) is 2.94. The van der Waals surface area contributed by atoms with Gasteiger partial charge in [-0.25, -0.2) is 4.39 Å². The van der Waals surface area contributed by atoms with Crippen LogP contribution in [-0.2, 0) is 4.79 Å². The van der Waals surface area contributed by atoms with Crippen LogP contribution in [-0.4, -0.2) is 17.3 Å². The number of hydrogen-bond acceptors (Lipinski definition) is 1. The fourth-order valence-electron chi connectivity index (χ4n) is 8.33. The highest BCUT2D eigenvalue weighted by Gasteiger charge is 2.64. The van der Waals surface area contributed by atoms with Crippen LogP contribution in [0.15, 0.2) is 11.6 Å². The smallest absolute Gasteiger partial charge is 0.159 e. The molecule has 4 aliphatic rings. The number of hydrogen-bond donors (Lipinski definition) is 0. The first-order valence-electron chi connectivity index (χ1n) is 12.6. The molecule has 3 saturated carbocycles. The molecule has 0 radical (unpaired) electrons. The van der Waals surface area contributed by atoms with Crippen LogP contribution in [0.4, 0.5) is 4.39 Å². The predicted molar refractivity (Wildman–Crippen MR) is 123 cm³/mol. The van der Waals surface area contributed by atoms with Gasteiger partial charge in [0.15, 0.2) is 5.78 Å². The maximum Gasteiger partial charge on any atom is 0.159 e. The van der Waals surface area contributed by atoms with Gasteiger partial charge in [-0.05, 0) is 79.1 Å². The first-order chi connectivity index (χ1) is 14.1. The van der Waals surface area contributed by atoms with Crippen molar-refractivity contribution in [3.05, 3.63) is 11.6 Å². The Kier molecular flexibility index (Phi) is 6.23. The summed E-state index contributed by atoms with van der Waals surface area (Å²) in [6, 6.07) is 0. The third kappa shape index (κ3) is 3.61. The van der Waals surface area contributed by atoms with Crippen molar-refractivity contribution < 1.29 is 9.18 Å². The molecule has 170 valence electrons. The fraction of sp³-hybridized carbons (Fsp3) is 0.889. The quantitative estimate of drug-likeness (QED) is 0.402. The van der Waals surface area contributed by atoms with Crippen LogP contribution in [0.3, 0.4) is 0 Å². The van der Waals surface area contributed by atoms with Crippen LogP contribution in [0.5, 0.6) is 0 Å². The zero-order valence-corrected chi connectivity index (χ0v) is 20.5. The van der Waals surface area contributed by atoms with E-state index in [-0.39, 0.29) is 33.8 Å². The predicted octanol–water partition coefficient (Wildman–Crippen LogP) is 7.76. The van der Waals surface area contributed by atoms with E-state index in [9.17, 15) is 4.79 Å². The molecule has 0 heterocycles. The molecule has 3 heteroatoms. The summed E-state index contributed by atoms with van der Waals surface area (Å²) in [6.07, 6.45) is 10.5. The standard InChI is InChI=1S/C27H42ClFO/c1-16(2)7-6-8-17(3)21-15-22(29)25-24-20(10-12-27(21,25)5)26(4)11-9-19(28)13-18(26)14-23(24)30/h14,16-17,19-22,24-25H,6-13,15H2,1-5H3/t17-,19+,20+,21-,22+,24+,25+,26+,27-/m1/s1. The SMILES string of the molecule is CC(C)CCC[C@@H](C)[C@H]1C[C@H](F)[C@H]2[C@@H]3C(=O)C=C4C[C@@H](Cl)CC[C@]4(C)[C@H]3CC[C@@]21C. The van der Waals surface area contributed by atoms with E-state index in [0.717, 1.165) is 38.0 Å². The van der Waals surface area contributed by atoms with Gasteiger partial charge in [0.1, 0.15) is 6.17 Å². The first-order valence-corrected chi connectivity index (χ1v) is 13.0. The van der Waals surface area contributed by atoms with Crippen LogP contribution < -0.4 is 0 Å². The Bertz CT molecular complexity index is 701. The Labute approximate surface area is 188 Å². The molecule has 0 spiro atoms. The van der Waals surface area contributed by atoms with Crippen molar-refractivity contribution in [2.45, 2.75) is 104 Å². The van der Waals surface area contributed by atoms with E-state index < -0.39 is 6.17 Å². The lowest BCUT2D eigenvalue weighted by Crippen LogP contribution is -2.54. The maximum absolute atomic E-state index is 15.7. The highest BCUT2D eigenvalue weighted by Crippen LogP contribution is 2.67. The molecule has 0 aliphatic heterocycles. The minimum absolute atomic E-state index is 0.0289. The number of allylic oxidation sites excluding steroid dienone is 2. The minimum Gasteiger partial charge on any atom is -0.295 e. The van der Waals surface area contributed by atoms with Crippen molar-refractivity contribution in [1.82, 2.24) is 0 Å². The molecule has 0 aromatic heterocycles. The van der Waals surface area contributed by atoms with Gasteiger partial charge >= 0.3 is 0 Å². The summed E-state index contributed by atoms with van der Waals surface area (Å²) >= 11 is 6.46. The van der Waals surface area contributed by atoms with Crippen molar-refractivity contribution in [3.63, 3.8) is 0 Å². The molecule has 0 aromatic carbocycles. The van der Waals surface area contributed by atoms with E-state index in [1.807, 2.05) is 6.08 Å². The van der Waals surface area contributed by atoms with Crippen LogP contribution in [0.2, 0.25) is 0 Å². The van der Waals surface area contributed by atoms with Crippen LogP contribution >= 0.6 is 11.6 Å². The lowest BCUT2D eigenvalue weighted by molar-refractivity contribution is -0.137. The summed E-state index contributed by atoms with van der Waals surface area (Å²) in [4.78, 5) is 13.4. The summed E-state index contributed by atoms with van der Waals surface area (Å²) in [5, 5.41) is 0.152. The molecule has 3 fully saturated rings. The molecule has 0 saturated heterocycles. The molecule has 4 aliphatic carbocycles. The average molecular weight is 437 g/mol. The zero-order chi connectivity index (χ0) is 21.8. The molecule has 0 bridgehead atoms. The Morgan fingerprint density at radius 3 is 2.60 bits per heavy atom. The van der Waals surface area contributed by atoms with Crippen LogP contribution in [0, 0.1) is 46.3 Å². The summed E-state index contributed by atoms with van der Waals surface area (Å²) in [5.74, 6) is 2.00. The molecule has 4 rings (SSSR count). The van der Waals surface area contributed by atoms with E-state index in [2.05, 4.69) is 34.6 Å². The molecule has 30 heavy (non-hydrogen) atoms. The van der Waals surface area contributed by atoms with Gasteiger partial charge < -0.3 is 0 Å². The van der Waals surface area contributed by atoms with Crippen molar-refractivity contribution in [2.24, 2.45) is 46.3 Å². The van der Waals surface area contributed by atoms with Crippen molar-refractivity contribution in [2.75, 3.05) is 0 Å². The molecule has 0 N–H and O–H groups in total. The molecule has 1 nitrogen and oxygen atoms in total. The van der Waals surface area contributed by atoms with E-state index >= 15 is 4.39 Å². The topological polar surface area (TPSA) is 17.1 Å². The van der Waals surface area contributed by atoms with Crippen molar-refractivity contribution in [3.8, 4) is 0 Å². The van der Waals surface area contributed by atoms with Crippen molar-refractivity contribution in [1.29, 1.82) is 0 Å². The van der Waals surface area contributed by atoms with Gasteiger partial charge in [0.2, 0.25) is 0 Å². The third-order valence-corrected chi connectivity index (χ3v) is 10.4. The zero-order valence-electron chi connectivity index (χ0n) is 19.7. The first kappa shape index (κ1) is 22.8. The Balaban J connectivity index is 1.59. The normalized spacial score (nSPS) is 46.8. The maximum atomic E-state index is 15.7. The summed E-state index contributed by atoms with van der Waals surface area (Å²) in [7, 11) is 0. The Morgan fingerprint density at radius 1 is 1.17 bits per heavy atom. The van der Waals surface area contributed by atoms with Gasteiger partial charge in [0, 0.05) is 17.2 Å². The highest BCUT2D eigenvalue weighted by molar-refractivity contribution is 6.20. The molecular weight excluding hydrogens is 395 g/mol. The minimum atomic E-state index is -0.827. The van der Waals surface area contributed by atoms with Gasteiger partial charge in [-0.3, -0.25) is 4.79 Å². The van der Waals surface area contributed by atoms with E-state index in [1.165, 1.54) is 24.8 Å². The Morgan fingerprint density at radius 2 is 1.90 bits per heavy atom. The summed E-state index contributed by atoms with van der Waals surface area (Å²) in [5.41, 5.74) is 1.28.